The molecule has 20 heavy (non-hydrogen) atoms. The van der Waals surface area contributed by atoms with Crippen LogP contribution >= 0.6 is 0 Å². The summed E-state index contributed by atoms with van der Waals surface area (Å²) in [7, 11) is 1.65. The SMILES string of the molecule is COCCCNC(=O)N1CCN(C(=O)C(C)(C)C)CC1. The highest BCUT2D eigenvalue weighted by Gasteiger charge is 2.30. The molecule has 0 radical (unpaired) electrons. The smallest absolute Gasteiger partial charge is 0.317 e. The Morgan fingerprint density at radius 2 is 1.65 bits per heavy atom. The lowest BCUT2D eigenvalue weighted by atomic mass is 9.94. The lowest BCUT2D eigenvalue weighted by Crippen LogP contribution is -2.55. The third-order valence-corrected chi connectivity index (χ3v) is 3.30. The fraction of sp³-hybridized carbons (Fsp3) is 0.857. The molecule has 0 aromatic carbocycles. The van der Waals surface area contributed by atoms with E-state index in [1.807, 2.05) is 25.7 Å². The zero-order valence-corrected chi connectivity index (χ0v) is 13.1. The first kappa shape index (κ1) is 16.8. The van der Waals surface area contributed by atoms with Gasteiger partial charge in [0.05, 0.1) is 0 Å². The minimum absolute atomic E-state index is 0.0519. The van der Waals surface area contributed by atoms with Crippen LogP contribution in [0.5, 0.6) is 0 Å². The maximum atomic E-state index is 12.1. The van der Waals surface area contributed by atoms with Crippen molar-refractivity contribution in [3.8, 4) is 0 Å². The Morgan fingerprint density at radius 1 is 1.10 bits per heavy atom. The van der Waals surface area contributed by atoms with Gasteiger partial charge in [0.25, 0.3) is 0 Å². The van der Waals surface area contributed by atoms with E-state index in [2.05, 4.69) is 5.32 Å². The molecule has 0 aromatic heterocycles. The summed E-state index contributed by atoms with van der Waals surface area (Å²) in [5, 5.41) is 2.87. The predicted octanol–water partition coefficient (Wildman–Crippen LogP) is 0.923. The minimum Gasteiger partial charge on any atom is -0.385 e. The predicted molar refractivity (Wildman–Crippen MR) is 77.5 cm³/mol. The second-order valence-electron chi connectivity index (χ2n) is 6.11. The van der Waals surface area contributed by atoms with Crippen molar-refractivity contribution in [1.82, 2.24) is 15.1 Å². The lowest BCUT2D eigenvalue weighted by molar-refractivity contribution is -0.140. The molecule has 1 saturated heterocycles. The summed E-state index contributed by atoms with van der Waals surface area (Å²) in [6.07, 6.45) is 0.810. The Labute approximate surface area is 121 Å². The van der Waals surface area contributed by atoms with Gasteiger partial charge in [0.15, 0.2) is 0 Å². The van der Waals surface area contributed by atoms with E-state index in [0.717, 1.165) is 6.42 Å². The summed E-state index contributed by atoms with van der Waals surface area (Å²) < 4.78 is 4.93. The molecule has 0 unspecified atom stereocenters. The number of hydrogen-bond donors (Lipinski definition) is 1. The molecule has 1 rings (SSSR count). The number of nitrogens with one attached hydrogen (secondary N) is 1. The van der Waals surface area contributed by atoms with Crippen molar-refractivity contribution in [2.45, 2.75) is 27.2 Å². The van der Waals surface area contributed by atoms with Crippen LogP contribution in [0.25, 0.3) is 0 Å². The Bertz CT molecular complexity index is 331. The van der Waals surface area contributed by atoms with E-state index in [1.165, 1.54) is 0 Å². The van der Waals surface area contributed by atoms with Gasteiger partial charge < -0.3 is 19.9 Å². The van der Waals surface area contributed by atoms with Crippen molar-refractivity contribution in [3.63, 3.8) is 0 Å². The zero-order chi connectivity index (χ0) is 15.2. The van der Waals surface area contributed by atoms with Gasteiger partial charge >= 0.3 is 6.03 Å². The number of urea groups is 1. The summed E-state index contributed by atoms with van der Waals surface area (Å²) in [6.45, 7) is 9.44. The fourth-order valence-electron chi connectivity index (χ4n) is 2.11. The van der Waals surface area contributed by atoms with Gasteiger partial charge in [-0.05, 0) is 6.42 Å². The highest BCUT2D eigenvalue weighted by atomic mass is 16.5. The highest BCUT2D eigenvalue weighted by molar-refractivity contribution is 5.82. The normalized spacial score (nSPS) is 16.2. The van der Waals surface area contributed by atoms with Crippen LogP contribution in [0.4, 0.5) is 4.79 Å². The molecule has 1 aliphatic rings. The zero-order valence-electron chi connectivity index (χ0n) is 13.1. The van der Waals surface area contributed by atoms with Crippen LogP contribution in [-0.4, -0.2) is 68.2 Å². The Kier molecular flexibility index (Phi) is 6.26. The van der Waals surface area contributed by atoms with Crippen LogP contribution in [0.15, 0.2) is 0 Å². The summed E-state index contributed by atoms with van der Waals surface area (Å²) in [6, 6.07) is -0.0519. The molecule has 0 bridgehead atoms. The first-order chi connectivity index (χ1) is 9.36. The van der Waals surface area contributed by atoms with E-state index in [0.29, 0.717) is 39.3 Å². The van der Waals surface area contributed by atoms with Crippen LogP contribution in [0.1, 0.15) is 27.2 Å². The molecule has 0 aliphatic carbocycles. The molecule has 6 heteroatoms. The van der Waals surface area contributed by atoms with Gasteiger partial charge in [-0.2, -0.15) is 0 Å². The van der Waals surface area contributed by atoms with Crippen LogP contribution in [0, 0.1) is 5.41 Å². The summed E-state index contributed by atoms with van der Waals surface area (Å²) in [4.78, 5) is 27.6. The summed E-state index contributed by atoms with van der Waals surface area (Å²) in [5.41, 5.74) is -0.357. The quantitative estimate of drug-likeness (QED) is 0.781. The molecule has 3 amide bonds. The van der Waals surface area contributed by atoms with E-state index in [1.54, 1.807) is 12.0 Å². The van der Waals surface area contributed by atoms with Gasteiger partial charge in [-0.1, -0.05) is 20.8 Å². The largest absolute Gasteiger partial charge is 0.385 e. The van der Waals surface area contributed by atoms with Crippen molar-refractivity contribution in [1.29, 1.82) is 0 Å². The van der Waals surface area contributed by atoms with E-state index in [4.69, 9.17) is 4.74 Å². The molecular weight excluding hydrogens is 258 g/mol. The van der Waals surface area contributed by atoms with Gasteiger partial charge in [0, 0.05) is 51.9 Å². The first-order valence-corrected chi connectivity index (χ1v) is 7.17. The van der Waals surface area contributed by atoms with E-state index in [-0.39, 0.29) is 17.4 Å². The first-order valence-electron chi connectivity index (χ1n) is 7.17. The number of methoxy groups -OCH3 is 1. The number of rotatable bonds is 4. The Hall–Kier alpha value is -1.30. The van der Waals surface area contributed by atoms with Crippen LogP contribution in [0.3, 0.4) is 0 Å². The lowest BCUT2D eigenvalue weighted by Gasteiger charge is -2.37. The number of nitrogens with zero attached hydrogens (tertiary/aromatic N) is 2. The molecule has 1 heterocycles. The summed E-state index contributed by atoms with van der Waals surface area (Å²) >= 11 is 0. The van der Waals surface area contributed by atoms with Gasteiger partial charge in [0.2, 0.25) is 5.91 Å². The molecule has 6 nitrogen and oxygen atoms in total. The van der Waals surface area contributed by atoms with E-state index < -0.39 is 0 Å². The van der Waals surface area contributed by atoms with Gasteiger partial charge in [-0.3, -0.25) is 4.79 Å². The Balaban J connectivity index is 2.31. The number of carbonyl (C=O) groups is 2. The highest BCUT2D eigenvalue weighted by Crippen LogP contribution is 2.18. The number of hydrogen-bond acceptors (Lipinski definition) is 3. The second kappa shape index (κ2) is 7.47. The minimum atomic E-state index is -0.357. The Morgan fingerprint density at radius 3 is 2.15 bits per heavy atom. The van der Waals surface area contributed by atoms with Crippen molar-refractivity contribution < 1.29 is 14.3 Å². The standard InChI is InChI=1S/C14H27N3O3/c1-14(2,3)12(18)16-7-9-17(10-8-16)13(19)15-6-5-11-20-4/h5-11H2,1-4H3,(H,15,19). The van der Waals surface area contributed by atoms with Crippen molar-refractivity contribution in [2.75, 3.05) is 46.4 Å². The third kappa shape index (κ3) is 5.00. The van der Waals surface area contributed by atoms with Crippen LogP contribution in [-0.2, 0) is 9.53 Å². The average Bonchev–Trinajstić information content (AvgIpc) is 2.41. The summed E-state index contributed by atoms with van der Waals surface area (Å²) in [5.74, 6) is 0.151. The number of ether oxygens (including phenoxy) is 1. The molecule has 1 aliphatic heterocycles. The molecule has 0 atom stereocenters. The van der Waals surface area contributed by atoms with Crippen LogP contribution < -0.4 is 5.32 Å². The molecular formula is C14H27N3O3. The van der Waals surface area contributed by atoms with Crippen molar-refractivity contribution >= 4 is 11.9 Å². The van der Waals surface area contributed by atoms with Crippen molar-refractivity contribution in [3.05, 3.63) is 0 Å². The van der Waals surface area contributed by atoms with E-state index in [9.17, 15) is 9.59 Å². The fourth-order valence-corrected chi connectivity index (χ4v) is 2.11. The molecule has 0 spiro atoms. The monoisotopic (exact) mass is 285 g/mol. The van der Waals surface area contributed by atoms with Crippen molar-refractivity contribution in [2.24, 2.45) is 5.41 Å². The maximum Gasteiger partial charge on any atom is 0.317 e. The number of carbonyl (C=O) groups excluding carboxylic acids is 2. The second-order valence-corrected chi connectivity index (χ2v) is 6.11. The van der Waals surface area contributed by atoms with Gasteiger partial charge in [-0.15, -0.1) is 0 Å². The third-order valence-electron chi connectivity index (χ3n) is 3.30. The average molecular weight is 285 g/mol. The molecule has 0 saturated carbocycles. The molecule has 1 fully saturated rings. The number of piperazine rings is 1. The van der Waals surface area contributed by atoms with E-state index >= 15 is 0 Å². The van der Waals surface area contributed by atoms with Gasteiger partial charge in [0.1, 0.15) is 0 Å². The molecule has 116 valence electrons. The topological polar surface area (TPSA) is 61.9 Å². The maximum absolute atomic E-state index is 12.1. The molecule has 0 aromatic rings. The molecule has 1 N–H and O–H groups in total. The van der Waals surface area contributed by atoms with Crippen LogP contribution in [0.2, 0.25) is 0 Å². The number of amides is 3. The van der Waals surface area contributed by atoms with Gasteiger partial charge in [-0.25, -0.2) is 4.79 Å².